The van der Waals surface area contributed by atoms with Gasteiger partial charge in [0.2, 0.25) is 0 Å². The molecule has 15 heavy (non-hydrogen) atoms. The van der Waals surface area contributed by atoms with Crippen LogP contribution in [0.25, 0.3) is 0 Å². The van der Waals surface area contributed by atoms with Crippen molar-refractivity contribution in [3.05, 3.63) is 35.9 Å². The highest BCUT2D eigenvalue weighted by atomic mass is 32.2. The topological polar surface area (TPSA) is 83.8 Å². The zero-order valence-corrected chi connectivity index (χ0v) is 8.52. The monoisotopic (exact) mass is 230 g/mol. The number of benzene rings is 1. The molecule has 0 heterocycles. The summed E-state index contributed by atoms with van der Waals surface area (Å²) < 4.78 is 23.1. The molecule has 1 rings (SSSR count). The van der Waals surface area contributed by atoms with Crippen molar-refractivity contribution in [2.45, 2.75) is 12.5 Å². The lowest BCUT2D eigenvalue weighted by molar-refractivity contribution is -0.144. The summed E-state index contributed by atoms with van der Waals surface area (Å²) in [5.41, 5.74) is 0.732. The smallest absolute Gasteiger partial charge is 0.334 e. The summed E-state index contributed by atoms with van der Waals surface area (Å²) in [6.07, 6.45) is -1.25. The molecule has 0 saturated heterocycles. The lowest BCUT2D eigenvalue weighted by atomic mass is 10.1. The number of hydrogen-bond donors (Lipinski definition) is 2. The maximum Gasteiger partial charge on any atom is 0.334 e. The second-order valence-electron chi connectivity index (χ2n) is 2.83. The van der Waals surface area contributed by atoms with E-state index in [0.717, 1.165) is 5.56 Å². The third-order valence-corrected chi connectivity index (χ3v) is 2.13. The van der Waals surface area contributed by atoms with Crippen molar-refractivity contribution >= 4 is 17.3 Å². The molecular weight excluding hydrogens is 220 g/mol. The SMILES string of the molecule is O=C(O)C(Cc1ccccc1)OS(=O)O. The molecule has 0 bridgehead atoms. The van der Waals surface area contributed by atoms with E-state index >= 15 is 0 Å². The Labute approximate surface area is 89.2 Å². The molecule has 1 aromatic rings. The van der Waals surface area contributed by atoms with E-state index in [9.17, 15) is 9.00 Å². The maximum absolute atomic E-state index is 10.7. The lowest BCUT2D eigenvalue weighted by Gasteiger charge is -2.09. The Kier molecular flexibility index (Phi) is 4.41. The van der Waals surface area contributed by atoms with Crippen LogP contribution in [0.15, 0.2) is 30.3 Å². The van der Waals surface area contributed by atoms with Crippen LogP contribution in [0.3, 0.4) is 0 Å². The molecule has 0 aromatic heterocycles. The Morgan fingerprint density at radius 2 is 2.00 bits per heavy atom. The van der Waals surface area contributed by atoms with Crippen LogP contribution in [0.2, 0.25) is 0 Å². The second kappa shape index (κ2) is 5.59. The lowest BCUT2D eigenvalue weighted by Crippen LogP contribution is -2.27. The van der Waals surface area contributed by atoms with Crippen LogP contribution in [0.5, 0.6) is 0 Å². The summed E-state index contributed by atoms with van der Waals surface area (Å²) in [4.78, 5) is 10.7. The normalized spacial score (nSPS) is 14.5. The fourth-order valence-corrected chi connectivity index (χ4v) is 1.44. The van der Waals surface area contributed by atoms with Crippen molar-refractivity contribution in [1.82, 2.24) is 0 Å². The van der Waals surface area contributed by atoms with Crippen molar-refractivity contribution in [3.8, 4) is 0 Å². The fourth-order valence-electron chi connectivity index (χ4n) is 1.09. The first kappa shape index (κ1) is 11.8. The molecule has 1 aromatic carbocycles. The Bertz CT molecular complexity index is 351. The molecule has 0 aliphatic rings. The van der Waals surface area contributed by atoms with Crippen LogP contribution in [0, 0.1) is 0 Å². The molecule has 0 fully saturated rings. The highest BCUT2D eigenvalue weighted by molar-refractivity contribution is 7.74. The molecule has 0 saturated carbocycles. The Morgan fingerprint density at radius 3 is 2.47 bits per heavy atom. The molecule has 2 unspecified atom stereocenters. The highest BCUT2D eigenvalue weighted by Crippen LogP contribution is 2.07. The summed E-state index contributed by atoms with van der Waals surface area (Å²) in [6.45, 7) is 0. The van der Waals surface area contributed by atoms with Crippen molar-refractivity contribution in [2.24, 2.45) is 0 Å². The van der Waals surface area contributed by atoms with Gasteiger partial charge in [0.15, 0.2) is 6.10 Å². The molecule has 2 atom stereocenters. The van der Waals surface area contributed by atoms with Gasteiger partial charge in [-0.25, -0.2) is 4.79 Å². The zero-order chi connectivity index (χ0) is 11.3. The van der Waals surface area contributed by atoms with Gasteiger partial charge < -0.3 is 5.11 Å². The average Bonchev–Trinajstić information content (AvgIpc) is 2.17. The van der Waals surface area contributed by atoms with E-state index in [4.69, 9.17) is 9.66 Å². The fraction of sp³-hybridized carbons (Fsp3) is 0.222. The third-order valence-electron chi connectivity index (χ3n) is 1.74. The quantitative estimate of drug-likeness (QED) is 0.732. The van der Waals surface area contributed by atoms with Gasteiger partial charge in [-0.15, -0.1) is 0 Å². The summed E-state index contributed by atoms with van der Waals surface area (Å²) in [6, 6.07) is 8.75. The van der Waals surface area contributed by atoms with Gasteiger partial charge >= 0.3 is 17.3 Å². The number of aliphatic carboxylic acids is 1. The van der Waals surface area contributed by atoms with Crippen LogP contribution in [0.1, 0.15) is 5.56 Å². The highest BCUT2D eigenvalue weighted by Gasteiger charge is 2.21. The minimum atomic E-state index is -2.57. The van der Waals surface area contributed by atoms with E-state index in [2.05, 4.69) is 4.18 Å². The standard InChI is InChI=1S/C9H10O5S/c10-9(11)8(14-15(12)13)6-7-4-2-1-3-5-7/h1-5,8H,6H2,(H,10,11)(H,12,13). The van der Waals surface area contributed by atoms with Crippen LogP contribution in [0.4, 0.5) is 0 Å². The van der Waals surface area contributed by atoms with Gasteiger partial charge in [-0.05, 0) is 5.56 Å². The number of hydrogen-bond acceptors (Lipinski definition) is 3. The molecule has 6 heteroatoms. The van der Waals surface area contributed by atoms with E-state index in [1.807, 2.05) is 0 Å². The Morgan fingerprint density at radius 1 is 1.40 bits per heavy atom. The molecule has 0 aliphatic heterocycles. The van der Waals surface area contributed by atoms with Crippen LogP contribution in [-0.2, 0) is 26.8 Å². The van der Waals surface area contributed by atoms with E-state index in [0.29, 0.717) is 0 Å². The van der Waals surface area contributed by atoms with Gasteiger partial charge in [0, 0.05) is 6.42 Å². The van der Waals surface area contributed by atoms with Crippen molar-refractivity contribution in [3.63, 3.8) is 0 Å². The van der Waals surface area contributed by atoms with E-state index in [1.54, 1.807) is 30.3 Å². The van der Waals surface area contributed by atoms with Gasteiger partial charge in [-0.1, -0.05) is 30.3 Å². The summed E-state index contributed by atoms with van der Waals surface area (Å²) >= 11 is -2.57. The number of carboxylic acids is 1. The summed E-state index contributed by atoms with van der Waals surface area (Å²) in [7, 11) is 0. The Balaban J connectivity index is 2.67. The van der Waals surface area contributed by atoms with Crippen LogP contribution in [-0.4, -0.2) is 25.9 Å². The summed E-state index contributed by atoms with van der Waals surface area (Å²) in [5, 5.41) is 8.71. The average molecular weight is 230 g/mol. The van der Waals surface area contributed by atoms with Crippen molar-refractivity contribution in [2.75, 3.05) is 0 Å². The molecule has 5 nitrogen and oxygen atoms in total. The number of carboxylic acid groups (broad SMARTS) is 1. The van der Waals surface area contributed by atoms with E-state index < -0.39 is 23.4 Å². The first-order valence-corrected chi connectivity index (χ1v) is 5.17. The van der Waals surface area contributed by atoms with Gasteiger partial charge in [0.25, 0.3) is 0 Å². The molecule has 2 N–H and O–H groups in total. The van der Waals surface area contributed by atoms with Crippen LogP contribution < -0.4 is 0 Å². The zero-order valence-electron chi connectivity index (χ0n) is 7.70. The second-order valence-corrected chi connectivity index (χ2v) is 3.46. The molecule has 0 amide bonds. The van der Waals surface area contributed by atoms with Crippen LogP contribution >= 0.6 is 0 Å². The molecule has 82 valence electrons. The first-order chi connectivity index (χ1) is 7.09. The Hall–Kier alpha value is -1.24. The van der Waals surface area contributed by atoms with Gasteiger partial charge in [0.05, 0.1) is 0 Å². The van der Waals surface area contributed by atoms with Crippen molar-refractivity contribution < 1.29 is 22.8 Å². The largest absolute Gasteiger partial charge is 0.479 e. The number of carbonyl (C=O) groups is 1. The predicted molar refractivity (Wildman–Crippen MR) is 53.4 cm³/mol. The van der Waals surface area contributed by atoms with E-state index in [1.165, 1.54) is 0 Å². The minimum Gasteiger partial charge on any atom is -0.479 e. The first-order valence-electron chi connectivity index (χ1n) is 4.14. The van der Waals surface area contributed by atoms with Gasteiger partial charge in [-0.3, -0.25) is 8.74 Å². The number of rotatable bonds is 5. The van der Waals surface area contributed by atoms with E-state index in [-0.39, 0.29) is 6.42 Å². The predicted octanol–water partition coefficient (Wildman–Crippen LogP) is 0.836. The van der Waals surface area contributed by atoms with Gasteiger partial charge in [0.1, 0.15) is 0 Å². The molecular formula is C9H10O5S. The van der Waals surface area contributed by atoms with Gasteiger partial charge in [-0.2, -0.15) is 4.21 Å². The maximum atomic E-state index is 10.7. The molecule has 0 radical (unpaired) electrons. The minimum absolute atomic E-state index is 0.0580. The van der Waals surface area contributed by atoms with Crippen molar-refractivity contribution in [1.29, 1.82) is 0 Å². The molecule has 0 spiro atoms. The summed E-state index contributed by atoms with van der Waals surface area (Å²) in [5.74, 6) is -1.26. The third kappa shape index (κ3) is 4.20. The molecule has 0 aliphatic carbocycles.